The van der Waals surface area contributed by atoms with E-state index >= 15 is 0 Å². The second-order valence-corrected chi connectivity index (χ2v) is 3.94. The summed E-state index contributed by atoms with van der Waals surface area (Å²) >= 11 is 0. The molecule has 0 aliphatic carbocycles. The first-order chi connectivity index (χ1) is 7.99. The third kappa shape index (κ3) is 4.62. The van der Waals surface area contributed by atoms with Gasteiger partial charge in [0.2, 0.25) is 5.91 Å². The summed E-state index contributed by atoms with van der Waals surface area (Å²) in [6, 6.07) is 0. The second kappa shape index (κ2) is 5.97. The maximum atomic E-state index is 11.3. The van der Waals surface area contributed by atoms with Gasteiger partial charge in [-0.05, 0) is 6.42 Å². The van der Waals surface area contributed by atoms with Gasteiger partial charge in [0.1, 0.15) is 0 Å². The minimum absolute atomic E-state index is 0.0656. The lowest BCUT2D eigenvalue weighted by atomic mass is 10.3. The van der Waals surface area contributed by atoms with Gasteiger partial charge in [0.05, 0.1) is 12.1 Å². The van der Waals surface area contributed by atoms with Gasteiger partial charge in [-0.15, -0.1) is 5.10 Å². The number of amides is 1. The van der Waals surface area contributed by atoms with Gasteiger partial charge in [-0.2, -0.15) is 0 Å². The van der Waals surface area contributed by atoms with Gasteiger partial charge < -0.3 is 10.0 Å². The van der Waals surface area contributed by atoms with E-state index in [1.807, 2.05) is 0 Å². The first-order valence-electron chi connectivity index (χ1n) is 5.30. The van der Waals surface area contributed by atoms with Gasteiger partial charge in [-0.25, -0.2) is 0 Å². The van der Waals surface area contributed by atoms with Crippen molar-refractivity contribution < 1.29 is 14.7 Å². The normalized spacial score (nSPS) is 10.2. The van der Waals surface area contributed by atoms with Crippen molar-refractivity contribution in [3.63, 3.8) is 0 Å². The first-order valence-corrected chi connectivity index (χ1v) is 5.30. The Morgan fingerprint density at radius 3 is 2.76 bits per heavy atom. The van der Waals surface area contributed by atoms with E-state index in [4.69, 9.17) is 5.11 Å². The molecule has 94 valence electrons. The fraction of sp³-hybridized carbons (Fsp3) is 0.600. The highest BCUT2D eigenvalue weighted by Gasteiger charge is 2.07. The molecule has 0 fully saturated rings. The van der Waals surface area contributed by atoms with Crippen molar-refractivity contribution in [1.29, 1.82) is 0 Å². The number of carboxylic acids is 1. The molecule has 0 atom stereocenters. The molecule has 1 aromatic rings. The lowest BCUT2D eigenvalue weighted by Crippen LogP contribution is -2.21. The monoisotopic (exact) mass is 240 g/mol. The van der Waals surface area contributed by atoms with Crippen LogP contribution in [0.3, 0.4) is 0 Å². The summed E-state index contributed by atoms with van der Waals surface area (Å²) in [6.45, 7) is 0.562. The first kappa shape index (κ1) is 13.1. The number of carbonyl (C=O) groups excluding carboxylic acids is 1. The number of aliphatic carboxylic acids is 1. The molecule has 0 unspecified atom stereocenters. The zero-order valence-electron chi connectivity index (χ0n) is 9.96. The number of aromatic nitrogens is 3. The highest BCUT2D eigenvalue weighted by molar-refractivity contribution is 5.75. The molecule has 17 heavy (non-hydrogen) atoms. The van der Waals surface area contributed by atoms with Crippen LogP contribution in [0.1, 0.15) is 18.5 Å². The molecule has 0 saturated carbocycles. The molecule has 0 radical (unpaired) electrons. The van der Waals surface area contributed by atoms with Crippen molar-refractivity contribution in [2.75, 3.05) is 14.1 Å². The van der Waals surface area contributed by atoms with Crippen molar-refractivity contribution >= 4 is 11.9 Å². The third-order valence-corrected chi connectivity index (χ3v) is 2.20. The van der Waals surface area contributed by atoms with Crippen molar-refractivity contribution in [3.8, 4) is 0 Å². The largest absolute Gasteiger partial charge is 0.481 e. The molecule has 0 aliphatic rings. The van der Waals surface area contributed by atoms with Crippen LogP contribution in [0.15, 0.2) is 6.20 Å². The fourth-order valence-corrected chi connectivity index (χ4v) is 1.30. The molecule has 1 heterocycles. The average molecular weight is 240 g/mol. The van der Waals surface area contributed by atoms with E-state index in [1.165, 1.54) is 4.90 Å². The van der Waals surface area contributed by atoms with Crippen molar-refractivity contribution in [1.82, 2.24) is 19.9 Å². The van der Waals surface area contributed by atoms with Crippen LogP contribution < -0.4 is 0 Å². The van der Waals surface area contributed by atoms with E-state index in [9.17, 15) is 9.59 Å². The summed E-state index contributed by atoms with van der Waals surface area (Å²) in [6.07, 6.45) is 2.57. The number of rotatable bonds is 6. The van der Waals surface area contributed by atoms with E-state index < -0.39 is 5.97 Å². The van der Waals surface area contributed by atoms with Crippen molar-refractivity contribution in [2.45, 2.75) is 25.8 Å². The van der Waals surface area contributed by atoms with Crippen LogP contribution in [0.4, 0.5) is 0 Å². The van der Waals surface area contributed by atoms with E-state index in [2.05, 4.69) is 10.3 Å². The molecule has 0 aliphatic heterocycles. The van der Waals surface area contributed by atoms with E-state index in [0.717, 1.165) is 0 Å². The topological polar surface area (TPSA) is 88.3 Å². The minimum Gasteiger partial charge on any atom is -0.481 e. The van der Waals surface area contributed by atoms with Gasteiger partial charge in [-0.3, -0.25) is 14.3 Å². The maximum Gasteiger partial charge on any atom is 0.309 e. The number of hydrogen-bond donors (Lipinski definition) is 1. The Labute approximate surface area is 99.0 Å². The van der Waals surface area contributed by atoms with Crippen LogP contribution in [-0.4, -0.2) is 51.0 Å². The Balaban J connectivity index is 2.35. The molecule has 0 aromatic carbocycles. The zero-order valence-corrected chi connectivity index (χ0v) is 9.96. The highest BCUT2D eigenvalue weighted by Crippen LogP contribution is 1.99. The number of hydrogen-bond acceptors (Lipinski definition) is 4. The summed E-state index contributed by atoms with van der Waals surface area (Å²) in [5.74, 6) is -0.865. The van der Waals surface area contributed by atoms with Crippen LogP contribution in [-0.2, 0) is 22.6 Å². The molecule has 0 bridgehead atoms. The Morgan fingerprint density at radius 1 is 1.47 bits per heavy atom. The Morgan fingerprint density at radius 2 is 2.18 bits per heavy atom. The summed E-state index contributed by atoms with van der Waals surface area (Å²) < 4.78 is 1.56. The SMILES string of the molecule is CN(C)C(=O)CCCn1cc(CC(=O)O)nn1. The van der Waals surface area contributed by atoms with E-state index in [1.54, 1.807) is 25.0 Å². The molecule has 7 nitrogen and oxygen atoms in total. The summed E-state index contributed by atoms with van der Waals surface area (Å²) in [7, 11) is 3.42. The van der Waals surface area contributed by atoms with E-state index in [0.29, 0.717) is 25.1 Å². The van der Waals surface area contributed by atoms with Crippen LogP contribution >= 0.6 is 0 Å². The fourth-order valence-electron chi connectivity index (χ4n) is 1.30. The van der Waals surface area contributed by atoms with Crippen molar-refractivity contribution in [3.05, 3.63) is 11.9 Å². The number of carbonyl (C=O) groups is 2. The molecule has 1 aromatic heterocycles. The smallest absolute Gasteiger partial charge is 0.309 e. The van der Waals surface area contributed by atoms with Crippen LogP contribution in [0.25, 0.3) is 0 Å². The number of carboxylic acid groups (broad SMARTS) is 1. The molecular formula is C10H16N4O3. The van der Waals surface area contributed by atoms with Crippen LogP contribution in [0.5, 0.6) is 0 Å². The third-order valence-electron chi connectivity index (χ3n) is 2.20. The predicted molar refractivity (Wildman–Crippen MR) is 59.3 cm³/mol. The second-order valence-electron chi connectivity index (χ2n) is 3.94. The molecule has 7 heteroatoms. The summed E-state index contributed by atoms with van der Waals surface area (Å²) in [5.41, 5.74) is 0.427. The molecule has 0 saturated heterocycles. The van der Waals surface area contributed by atoms with Gasteiger partial charge in [0.15, 0.2) is 0 Å². The van der Waals surface area contributed by atoms with Crippen LogP contribution in [0.2, 0.25) is 0 Å². The summed E-state index contributed by atoms with van der Waals surface area (Å²) in [5, 5.41) is 16.1. The quantitative estimate of drug-likeness (QED) is 0.742. The van der Waals surface area contributed by atoms with Crippen molar-refractivity contribution in [2.24, 2.45) is 0 Å². The van der Waals surface area contributed by atoms with Gasteiger partial charge in [-0.1, -0.05) is 5.21 Å². The standard InChI is InChI=1S/C10H16N4O3/c1-13(2)9(15)4-3-5-14-7-8(11-12-14)6-10(16)17/h7H,3-6H2,1-2H3,(H,16,17). The van der Waals surface area contributed by atoms with Gasteiger partial charge in [0.25, 0.3) is 0 Å². The van der Waals surface area contributed by atoms with Gasteiger partial charge in [0, 0.05) is 33.3 Å². The molecular weight excluding hydrogens is 224 g/mol. The number of aryl methyl sites for hydroxylation is 1. The molecule has 1 N–H and O–H groups in total. The van der Waals surface area contributed by atoms with Crippen LogP contribution in [0, 0.1) is 0 Å². The minimum atomic E-state index is -0.931. The van der Waals surface area contributed by atoms with Gasteiger partial charge >= 0.3 is 5.97 Å². The lowest BCUT2D eigenvalue weighted by molar-refractivity contribution is -0.136. The molecule has 0 spiro atoms. The zero-order chi connectivity index (χ0) is 12.8. The Hall–Kier alpha value is -1.92. The molecule has 1 rings (SSSR count). The Bertz CT molecular complexity index is 400. The number of nitrogens with zero attached hydrogens (tertiary/aromatic N) is 4. The molecule has 1 amide bonds. The lowest BCUT2D eigenvalue weighted by Gasteiger charge is -2.09. The maximum absolute atomic E-state index is 11.3. The average Bonchev–Trinajstić information content (AvgIpc) is 2.64. The highest BCUT2D eigenvalue weighted by atomic mass is 16.4. The predicted octanol–water partition coefficient (Wildman–Crippen LogP) is -0.226. The summed E-state index contributed by atoms with van der Waals surface area (Å²) in [4.78, 5) is 23.3. The Kier molecular flexibility index (Phi) is 4.62. The van der Waals surface area contributed by atoms with E-state index in [-0.39, 0.29) is 12.3 Å².